The van der Waals surface area contributed by atoms with Gasteiger partial charge in [-0.15, -0.1) is 0 Å². The Morgan fingerprint density at radius 2 is 1.74 bits per heavy atom. The SMILES string of the molecule is CC1CCC(CNC2CC2)(OCCC(C)(C)C)CC1. The summed E-state index contributed by atoms with van der Waals surface area (Å²) >= 11 is 0. The van der Waals surface area contributed by atoms with Crippen LogP contribution in [0.15, 0.2) is 0 Å². The van der Waals surface area contributed by atoms with Gasteiger partial charge in [0.1, 0.15) is 0 Å². The normalized spacial score (nSPS) is 32.5. The largest absolute Gasteiger partial charge is 0.374 e. The van der Waals surface area contributed by atoms with Gasteiger partial charge in [-0.05, 0) is 56.3 Å². The summed E-state index contributed by atoms with van der Waals surface area (Å²) in [4.78, 5) is 0. The van der Waals surface area contributed by atoms with Gasteiger partial charge in [-0.25, -0.2) is 0 Å². The molecule has 0 saturated heterocycles. The first-order chi connectivity index (χ1) is 8.89. The number of rotatable bonds is 6. The highest BCUT2D eigenvalue weighted by molar-refractivity contribution is 4.92. The third kappa shape index (κ3) is 5.43. The predicted octanol–water partition coefficient (Wildman–Crippen LogP) is 4.14. The van der Waals surface area contributed by atoms with Gasteiger partial charge in [-0.1, -0.05) is 27.7 Å². The van der Waals surface area contributed by atoms with Gasteiger partial charge in [0.05, 0.1) is 5.60 Å². The van der Waals surface area contributed by atoms with Crippen LogP contribution in [0.5, 0.6) is 0 Å². The van der Waals surface area contributed by atoms with Crippen molar-refractivity contribution in [3.8, 4) is 0 Å². The molecule has 2 heteroatoms. The van der Waals surface area contributed by atoms with Gasteiger partial charge in [0.25, 0.3) is 0 Å². The Bertz CT molecular complexity index is 269. The van der Waals surface area contributed by atoms with Crippen LogP contribution in [0.4, 0.5) is 0 Å². The van der Waals surface area contributed by atoms with E-state index in [4.69, 9.17) is 4.74 Å². The second kappa shape index (κ2) is 6.13. The Morgan fingerprint density at radius 1 is 1.11 bits per heavy atom. The molecule has 19 heavy (non-hydrogen) atoms. The fraction of sp³-hybridized carbons (Fsp3) is 1.00. The summed E-state index contributed by atoms with van der Waals surface area (Å²) in [6.07, 6.45) is 9.07. The molecule has 0 aliphatic heterocycles. The molecule has 1 N–H and O–H groups in total. The molecule has 2 aliphatic rings. The predicted molar refractivity (Wildman–Crippen MR) is 81.4 cm³/mol. The lowest BCUT2D eigenvalue weighted by Gasteiger charge is -2.40. The highest BCUT2D eigenvalue weighted by atomic mass is 16.5. The highest BCUT2D eigenvalue weighted by Gasteiger charge is 2.36. The van der Waals surface area contributed by atoms with Crippen LogP contribution in [-0.4, -0.2) is 24.8 Å². The Morgan fingerprint density at radius 3 is 2.26 bits per heavy atom. The summed E-state index contributed by atoms with van der Waals surface area (Å²) in [7, 11) is 0. The van der Waals surface area contributed by atoms with Crippen LogP contribution in [0.25, 0.3) is 0 Å². The Hall–Kier alpha value is -0.0800. The first-order valence-corrected chi connectivity index (χ1v) is 8.26. The van der Waals surface area contributed by atoms with Crippen molar-refractivity contribution in [2.75, 3.05) is 13.2 Å². The fourth-order valence-corrected chi connectivity index (χ4v) is 2.85. The third-order valence-electron chi connectivity index (χ3n) is 4.74. The van der Waals surface area contributed by atoms with Crippen molar-refractivity contribution in [1.29, 1.82) is 0 Å². The van der Waals surface area contributed by atoms with Gasteiger partial charge in [0.15, 0.2) is 0 Å². The van der Waals surface area contributed by atoms with E-state index in [1.54, 1.807) is 0 Å². The molecule has 2 aliphatic carbocycles. The zero-order valence-corrected chi connectivity index (χ0v) is 13.4. The molecule has 0 amide bonds. The Labute approximate surface area is 119 Å². The molecule has 0 radical (unpaired) electrons. The van der Waals surface area contributed by atoms with Crippen molar-refractivity contribution in [2.24, 2.45) is 11.3 Å². The fourth-order valence-electron chi connectivity index (χ4n) is 2.85. The molecule has 112 valence electrons. The zero-order chi connectivity index (χ0) is 13.9. The van der Waals surface area contributed by atoms with E-state index in [0.717, 1.165) is 31.5 Å². The van der Waals surface area contributed by atoms with Crippen molar-refractivity contribution >= 4 is 0 Å². The van der Waals surface area contributed by atoms with E-state index in [-0.39, 0.29) is 5.60 Å². The molecule has 0 aromatic carbocycles. The minimum absolute atomic E-state index is 0.139. The van der Waals surface area contributed by atoms with Crippen molar-refractivity contribution in [3.63, 3.8) is 0 Å². The molecule has 2 fully saturated rings. The lowest BCUT2D eigenvalue weighted by molar-refractivity contribution is -0.0818. The Kier molecular flexibility index (Phi) is 4.94. The molecular formula is C17H33NO. The maximum absolute atomic E-state index is 6.41. The molecule has 2 rings (SSSR count). The maximum Gasteiger partial charge on any atom is 0.0806 e. The first-order valence-electron chi connectivity index (χ1n) is 8.26. The second-order valence-electron chi connectivity index (χ2n) is 8.18. The van der Waals surface area contributed by atoms with Crippen molar-refractivity contribution in [1.82, 2.24) is 5.32 Å². The van der Waals surface area contributed by atoms with Crippen LogP contribution in [0.2, 0.25) is 0 Å². The topological polar surface area (TPSA) is 21.3 Å². The lowest BCUT2D eigenvalue weighted by atomic mass is 9.79. The number of nitrogens with one attached hydrogen (secondary N) is 1. The van der Waals surface area contributed by atoms with E-state index in [9.17, 15) is 0 Å². The van der Waals surface area contributed by atoms with E-state index < -0.39 is 0 Å². The van der Waals surface area contributed by atoms with E-state index in [1.807, 2.05) is 0 Å². The lowest BCUT2D eigenvalue weighted by Crippen LogP contribution is -2.46. The van der Waals surface area contributed by atoms with Crippen LogP contribution in [0.3, 0.4) is 0 Å². The van der Waals surface area contributed by atoms with E-state index in [1.165, 1.54) is 38.5 Å². The van der Waals surface area contributed by atoms with Gasteiger partial charge in [-0.3, -0.25) is 0 Å². The summed E-state index contributed by atoms with van der Waals surface area (Å²) in [6.45, 7) is 11.3. The molecule has 2 saturated carbocycles. The third-order valence-corrected chi connectivity index (χ3v) is 4.74. The summed E-state index contributed by atoms with van der Waals surface area (Å²) in [6, 6.07) is 0.794. The van der Waals surface area contributed by atoms with Gasteiger partial charge in [-0.2, -0.15) is 0 Å². The minimum atomic E-state index is 0.139. The summed E-state index contributed by atoms with van der Waals surface area (Å²) in [5.74, 6) is 0.889. The summed E-state index contributed by atoms with van der Waals surface area (Å²) in [5, 5.41) is 3.70. The van der Waals surface area contributed by atoms with E-state index >= 15 is 0 Å². The van der Waals surface area contributed by atoms with E-state index in [0.29, 0.717) is 5.41 Å². The van der Waals surface area contributed by atoms with Gasteiger partial charge in [0.2, 0.25) is 0 Å². The van der Waals surface area contributed by atoms with Crippen molar-refractivity contribution in [2.45, 2.75) is 84.3 Å². The monoisotopic (exact) mass is 267 g/mol. The first kappa shape index (κ1) is 15.3. The molecule has 0 atom stereocenters. The second-order valence-corrected chi connectivity index (χ2v) is 8.18. The van der Waals surface area contributed by atoms with Crippen molar-refractivity contribution < 1.29 is 4.74 Å². The van der Waals surface area contributed by atoms with Crippen LogP contribution in [0.1, 0.15) is 72.6 Å². The number of hydrogen-bond acceptors (Lipinski definition) is 2. The molecule has 0 spiro atoms. The zero-order valence-electron chi connectivity index (χ0n) is 13.4. The molecule has 0 heterocycles. The Balaban J connectivity index is 1.81. The van der Waals surface area contributed by atoms with E-state index in [2.05, 4.69) is 33.0 Å². The molecule has 0 aromatic rings. The van der Waals surface area contributed by atoms with Crippen LogP contribution in [0, 0.1) is 11.3 Å². The van der Waals surface area contributed by atoms with Gasteiger partial charge >= 0.3 is 0 Å². The highest BCUT2D eigenvalue weighted by Crippen LogP contribution is 2.36. The van der Waals surface area contributed by atoms with Crippen LogP contribution in [-0.2, 0) is 4.74 Å². The number of hydrogen-bond donors (Lipinski definition) is 1. The van der Waals surface area contributed by atoms with Crippen LogP contribution < -0.4 is 5.32 Å². The maximum atomic E-state index is 6.41. The molecule has 0 bridgehead atoms. The quantitative estimate of drug-likeness (QED) is 0.781. The smallest absolute Gasteiger partial charge is 0.0806 e. The molecular weight excluding hydrogens is 234 g/mol. The average molecular weight is 267 g/mol. The van der Waals surface area contributed by atoms with Gasteiger partial charge < -0.3 is 10.1 Å². The number of ether oxygens (including phenoxy) is 1. The summed E-state index contributed by atoms with van der Waals surface area (Å²) in [5.41, 5.74) is 0.521. The van der Waals surface area contributed by atoms with Crippen LogP contribution >= 0.6 is 0 Å². The standard InChI is InChI=1S/C17H33NO/c1-14-7-9-17(10-8-14,13-18-15-5-6-15)19-12-11-16(2,3)4/h14-15,18H,5-13H2,1-4H3. The molecule has 0 unspecified atom stereocenters. The van der Waals surface area contributed by atoms with Gasteiger partial charge in [0, 0.05) is 19.2 Å². The van der Waals surface area contributed by atoms with Crippen molar-refractivity contribution in [3.05, 3.63) is 0 Å². The summed E-state index contributed by atoms with van der Waals surface area (Å²) < 4.78 is 6.41. The molecule has 0 aromatic heterocycles. The average Bonchev–Trinajstić information content (AvgIpc) is 3.13. The minimum Gasteiger partial charge on any atom is -0.374 e. The molecule has 2 nitrogen and oxygen atoms in total.